The summed E-state index contributed by atoms with van der Waals surface area (Å²) in [5, 5.41) is 3.40. The molecule has 0 aliphatic carbocycles. The minimum atomic E-state index is 0.102. The standard InChI is InChI=1S/C15H16N4O/c20-15-12-5-3-7-18(12)13-8-16-9-14(13)19(15)10-11-4-1-2-6-17-11/h1-7,13-14,16H,8-10H2/t13-,14-/m1/s1. The Labute approximate surface area is 117 Å². The van der Waals surface area contributed by atoms with E-state index in [-0.39, 0.29) is 11.9 Å². The molecule has 0 aromatic carbocycles. The molecule has 4 heterocycles. The summed E-state index contributed by atoms with van der Waals surface area (Å²) in [6, 6.07) is 10.2. The molecule has 0 radical (unpaired) electrons. The number of amides is 1. The molecule has 5 heteroatoms. The Morgan fingerprint density at radius 3 is 2.95 bits per heavy atom. The van der Waals surface area contributed by atoms with Crippen molar-refractivity contribution in [1.82, 2.24) is 19.8 Å². The van der Waals surface area contributed by atoms with Gasteiger partial charge in [0.05, 0.1) is 24.3 Å². The fourth-order valence-corrected chi connectivity index (χ4v) is 3.27. The van der Waals surface area contributed by atoms with Crippen LogP contribution in [0.2, 0.25) is 0 Å². The number of nitrogens with one attached hydrogen (secondary N) is 1. The molecule has 1 fully saturated rings. The zero-order valence-corrected chi connectivity index (χ0v) is 11.1. The van der Waals surface area contributed by atoms with Gasteiger partial charge in [-0.15, -0.1) is 0 Å². The zero-order chi connectivity index (χ0) is 13.5. The van der Waals surface area contributed by atoms with Crippen molar-refractivity contribution in [3.8, 4) is 0 Å². The number of carbonyl (C=O) groups is 1. The van der Waals surface area contributed by atoms with E-state index in [0.717, 1.165) is 24.5 Å². The summed E-state index contributed by atoms with van der Waals surface area (Å²) >= 11 is 0. The lowest BCUT2D eigenvalue weighted by Crippen LogP contribution is -2.49. The fraction of sp³-hybridized carbons (Fsp3) is 0.333. The van der Waals surface area contributed by atoms with E-state index in [1.54, 1.807) is 6.20 Å². The van der Waals surface area contributed by atoms with Gasteiger partial charge in [0.1, 0.15) is 5.69 Å². The van der Waals surface area contributed by atoms with Crippen molar-refractivity contribution in [3.63, 3.8) is 0 Å². The van der Waals surface area contributed by atoms with Gasteiger partial charge in [-0.3, -0.25) is 9.78 Å². The van der Waals surface area contributed by atoms with Crippen LogP contribution >= 0.6 is 0 Å². The minimum Gasteiger partial charge on any atom is -0.337 e. The second-order valence-electron chi connectivity index (χ2n) is 5.35. The molecule has 102 valence electrons. The molecule has 0 unspecified atom stereocenters. The molecule has 0 bridgehead atoms. The smallest absolute Gasteiger partial charge is 0.271 e. The number of pyridine rings is 1. The summed E-state index contributed by atoms with van der Waals surface area (Å²) in [5.41, 5.74) is 1.72. The second kappa shape index (κ2) is 4.45. The maximum atomic E-state index is 12.7. The van der Waals surface area contributed by atoms with Crippen molar-refractivity contribution in [2.24, 2.45) is 0 Å². The number of aromatic nitrogens is 2. The van der Waals surface area contributed by atoms with Crippen LogP contribution in [0.5, 0.6) is 0 Å². The van der Waals surface area contributed by atoms with Gasteiger partial charge in [-0.2, -0.15) is 0 Å². The van der Waals surface area contributed by atoms with E-state index < -0.39 is 0 Å². The average Bonchev–Trinajstić information content (AvgIpc) is 3.12. The summed E-state index contributed by atoms with van der Waals surface area (Å²) in [5.74, 6) is 0.102. The molecule has 1 amide bonds. The van der Waals surface area contributed by atoms with Gasteiger partial charge in [0.25, 0.3) is 5.91 Å². The fourth-order valence-electron chi connectivity index (χ4n) is 3.27. The highest BCUT2D eigenvalue weighted by atomic mass is 16.2. The summed E-state index contributed by atoms with van der Waals surface area (Å²) in [4.78, 5) is 19.0. The van der Waals surface area contributed by atoms with E-state index in [9.17, 15) is 4.79 Å². The topological polar surface area (TPSA) is 50.2 Å². The maximum absolute atomic E-state index is 12.7. The second-order valence-corrected chi connectivity index (χ2v) is 5.35. The average molecular weight is 268 g/mol. The lowest BCUT2D eigenvalue weighted by molar-refractivity contribution is 0.0558. The highest BCUT2D eigenvalue weighted by molar-refractivity contribution is 5.94. The Morgan fingerprint density at radius 2 is 2.10 bits per heavy atom. The molecule has 2 aromatic rings. The molecular weight excluding hydrogens is 252 g/mol. The molecule has 0 spiro atoms. The highest BCUT2D eigenvalue weighted by Gasteiger charge is 2.41. The van der Waals surface area contributed by atoms with Crippen molar-refractivity contribution in [2.75, 3.05) is 13.1 Å². The summed E-state index contributed by atoms with van der Waals surface area (Å²) in [7, 11) is 0. The van der Waals surface area contributed by atoms with Gasteiger partial charge in [-0.05, 0) is 24.3 Å². The molecule has 2 atom stereocenters. The van der Waals surface area contributed by atoms with Crippen molar-refractivity contribution in [1.29, 1.82) is 0 Å². The number of hydrogen-bond acceptors (Lipinski definition) is 3. The van der Waals surface area contributed by atoms with Crippen LogP contribution in [0.4, 0.5) is 0 Å². The van der Waals surface area contributed by atoms with Crippen LogP contribution in [0.25, 0.3) is 0 Å². The molecule has 4 rings (SSSR count). The van der Waals surface area contributed by atoms with Crippen LogP contribution in [-0.4, -0.2) is 39.5 Å². The first kappa shape index (κ1) is 11.7. The van der Waals surface area contributed by atoms with Gasteiger partial charge in [0.2, 0.25) is 0 Å². The Hall–Kier alpha value is -2.14. The normalized spacial score (nSPS) is 24.6. The Bertz CT molecular complexity index is 636. The number of nitrogens with zero attached hydrogens (tertiary/aromatic N) is 3. The van der Waals surface area contributed by atoms with Crippen molar-refractivity contribution in [3.05, 3.63) is 54.1 Å². The Kier molecular flexibility index (Phi) is 2.60. The number of hydrogen-bond donors (Lipinski definition) is 1. The van der Waals surface area contributed by atoms with Crippen molar-refractivity contribution < 1.29 is 4.79 Å². The first-order valence-corrected chi connectivity index (χ1v) is 6.93. The van der Waals surface area contributed by atoms with Crippen LogP contribution < -0.4 is 5.32 Å². The quantitative estimate of drug-likeness (QED) is 0.886. The van der Waals surface area contributed by atoms with E-state index in [2.05, 4.69) is 14.9 Å². The van der Waals surface area contributed by atoms with E-state index in [1.165, 1.54) is 0 Å². The predicted molar refractivity (Wildman–Crippen MR) is 74.2 cm³/mol. The van der Waals surface area contributed by atoms with E-state index in [4.69, 9.17) is 0 Å². The van der Waals surface area contributed by atoms with Gasteiger partial charge < -0.3 is 14.8 Å². The summed E-state index contributed by atoms with van der Waals surface area (Å²) in [6.07, 6.45) is 3.78. The molecule has 5 nitrogen and oxygen atoms in total. The molecular formula is C15H16N4O. The minimum absolute atomic E-state index is 0.102. The number of rotatable bonds is 2. The van der Waals surface area contributed by atoms with Crippen molar-refractivity contribution in [2.45, 2.75) is 18.6 Å². The van der Waals surface area contributed by atoms with Crippen LogP contribution in [0.3, 0.4) is 0 Å². The third-order valence-corrected chi connectivity index (χ3v) is 4.23. The van der Waals surface area contributed by atoms with Gasteiger partial charge in [0, 0.05) is 25.5 Å². The van der Waals surface area contributed by atoms with E-state index in [0.29, 0.717) is 12.6 Å². The number of fused-ring (bicyclic) bond motifs is 3. The maximum Gasteiger partial charge on any atom is 0.271 e. The summed E-state index contributed by atoms with van der Waals surface area (Å²) < 4.78 is 2.11. The van der Waals surface area contributed by atoms with Gasteiger partial charge in [0.15, 0.2) is 0 Å². The first-order valence-electron chi connectivity index (χ1n) is 6.93. The molecule has 2 aromatic heterocycles. The third-order valence-electron chi connectivity index (χ3n) is 4.23. The zero-order valence-electron chi connectivity index (χ0n) is 11.1. The third kappa shape index (κ3) is 1.67. The van der Waals surface area contributed by atoms with Crippen LogP contribution in [0.1, 0.15) is 22.2 Å². The van der Waals surface area contributed by atoms with Gasteiger partial charge in [-0.1, -0.05) is 6.07 Å². The van der Waals surface area contributed by atoms with E-state index in [1.807, 2.05) is 41.4 Å². The number of carbonyl (C=O) groups excluding carboxylic acids is 1. The van der Waals surface area contributed by atoms with E-state index >= 15 is 0 Å². The van der Waals surface area contributed by atoms with Gasteiger partial charge >= 0.3 is 0 Å². The Morgan fingerprint density at radius 1 is 1.20 bits per heavy atom. The lowest BCUT2D eigenvalue weighted by atomic mass is 10.1. The SMILES string of the molecule is O=C1c2cccn2[C@@H]2CNC[C@H]2N1Cc1ccccn1. The summed E-state index contributed by atoms with van der Waals surface area (Å²) in [6.45, 7) is 2.34. The van der Waals surface area contributed by atoms with Crippen molar-refractivity contribution >= 4 is 5.91 Å². The predicted octanol–water partition coefficient (Wildman–Crippen LogP) is 1.05. The van der Waals surface area contributed by atoms with Gasteiger partial charge in [-0.25, -0.2) is 0 Å². The highest BCUT2D eigenvalue weighted by Crippen LogP contribution is 2.30. The van der Waals surface area contributed by atoms with Crippen LogP contribution in [0.15, 0.2) is 42.7 Å². The van der Waals surface area contributed by atoms with Crippen LogP contribution in [-0.2, 0) is 6.54 Å². The first-order chi connectivity index (χ1) is 9.84. The molecule has 20 heavy (non-hydrogen) atoms. The Balaban J connectivity index is 1.71. The molecule has 1 N–H and O–H groups in total. The largest absolute Gasteiger partial charge is 0.337 e. The molecule has 2 aliphatic rings. The molecule has 1 saturated heterocycles. The lowest BCUT2D eigenvalue weighted by Gasteiger charge is -2.38. The van der Waals surface area contributed by atoms with Crippen LogP contribution in [0, 0.1) is 0 Å². The molecule has 2 aliphatic heterocycles. The molecule has 0 saturated carbocycles. The monoisotopic (exact) mass is 268 g/mol.